The first-order chi connectivity index (χ1) is 7.56. The molecule has 0 saturated carbocycles. The van der Waals surface area contributed by atoms with E-state index < -0.39 is 5.41 Å². The first-order valence-electron chi connectivity index (χ1n) is 5.90. The van der Waals surface area contributed by atoms with Crippen LogP contribution in [0.4, 0.5) is 0 Å². The maximum absolute atomic E-state index is 8.87. The summed E-state index contributed by atoms with van der Waals surface area (Å²) in [6, 6.07) is 6.09. The van der Waals surface area contributed by atoms with Crippen molar-refractivity contribution < 1.29 is 0 Å². The van der Waals surface area contributed by atoms with Crippen LogP contribution < -0.4 is 0 Å². The molecule has 0 N–H and O–H groups in total. The highest BCUT2D eigenvalue weighted by molar-refractivity contribution is 5.29. The van der Waals surface area contributed by atoms with E-state index in [-0.39, 0.29) is 0 Å². The number of aromatic nitrogens is 1. The lowest BCUT2D eigenvalue weighted by atomic mass is 9.87. The van der Waals surface area contributed by atoms with Crippen molar-refractivity contribution in [1.29, 1.82) is 5.26 Å². The van der Waals surface area contributed by atoms with Crippen LogP contribution in [0.5, 0.6) is 0 Å². The Labute approximate surface area is 100 Å². The van der Waals surface area contributed by atoms with Crippen LogP contribution >= 0.6 is 0 Å². The van der Waals surface area contributed by atoms with Crippen LogP contribution in [0.3, 0.4) is 0 Å². The molecule has 0 aromatic carbocycles. The Bertz CT molecular complexity index is 322. The van der Waals surface area contributed by atoms with E-state index in [9.17, 15) is 0 Å². The maximum Gasteiger partial charge on any atom is 0.0767 e. The molecular weight excluding hydrogens is 196 g/mol. The molecule has 1 aromatic heterocycles. The summed E-state index contributed by atoms with van der Waals surface area (Å²) in [4.78, 5) is 4.08. The van der Waals surface area contributed by atoms with Gasteiger partial charge < -0.3 is 0 Å². The van der Waals surface area contributed by atoms with Crippen molar-refractivity contribution in [1.82, 2.24) is 4.98 Å². The average molecular weight is 220 g/mol. The number of hydrogen-bond acceptors (Lipinski definition) is 2. The lowest BCUT2D eigenvalue weighted by Gasteiger charge is -2.15. The summed E-state index contributed by atoms with van der Waals surface area (Å²) in [5, 5.41) is 8.87. The summed E-state index contributed by atoms with van der Waals surface area (Å²) in [6.07, 6.45) is 1.74. The molecule has 90 valence electrons. The molecule has 2 nitrogen and oxygen atoms in total. The first-order valence-corrected chi connectivity index (χ1v) is 5.90. The van der Waals surface area contributed by atoms with Crippen molar-refractivity contribution in [3.05, 3.63) is 29.6 Å². The van der Waals surface area contributed by atoms with E-state index >= 15 is 0 Å². The van der Waals surface area contributed by atoms with Crippen LogP contribution in [0.15, 0.2) is 18.3 Å². The van der Waals surface area contributed by atoms with Crippen molar-refractivity contribution in [2.24, 2.45) is 0 Å². The third-order valence-electron chi connectivity index (χ3n) is 1.90. The molecule has 1 aromatic rings. The van der Waals surface area contributed by atoms with E-state index in [0.29, 0.717) is 0 Å². The van der Waals surface area contributed by atoms with Gasteiger partial charge in [-0.15, -0.1) is 0 Å². The lowest BCUT2D eigenvalue weighted by molar-refractivity contribution is 0.684. The van der Waals surface area contributed by atoms with Crippen LogP contribution in [0.1, 0.15) is 52.8 Å². The van der Waals surface area contributed by atoms with Crippen molar-refractivity contribution in [3.8, 4) is 6.07 Å². The Kier molecular flexibility index (Phi) is 9.49. The maximum atomic E-state index is 8.87. The SMILES string of the molecule is CC.CC.Cc1cc(C(C)(C)C#N)ccn1. The zero-order chi connectivity index (χ0) is 13.2. The number of aryl methyl sites for hydroxylation is 1. The third kappa shape index (κ3) is 5.50. The normalized spacial score (nSPS) is 8.88. The van der Waals surface area contributed by atoms with Gasteiger partial charge >= 0.3 is 0 Å². The van der Waals surface area contributed by atoms with Gasteiger partial charge in [-0.05, 0) is 38.5 Å². The summed E-state index contributed by atoms with van der Waals surface area (Å²) in [5.74, 6) is 0. The molecule has 0 aliphatic carbocycles. The Hall–Kier alpha value is -1.36. The number of rotatable bonds is 1. The number of nitriles is 1. The van der Waals surface area contributed by atoms with E-state index in [0.717, 1.165) is 11.3 Å². The van der Waals surface area contributed by atoms with Gasteiger partial charge in [0, 0.05) is 11.9 Å². The molecule has 0 aliphatic heterocycles. The third-order valence-corrected chi connectivity index (χ3v) is 1.90. The van der Waals surface area contributed by atoms with E-state index in [2.05, 4.69) is 11.1 Å². The summed E-state index contributed by atoms with van der Waals surface area (Å²) < 4.78 is 0. The number of nitrogens with zero attached hydrogens (tertiary/aromatic N) is 2. The summed E-state index contributed by atoms with van der Waals surface area (Å²) in [7, 11) is 0. The largest absolute Gasteiger partial charge is 0.262 e. The smallest absolute Gasteiger partial charge is 0.0767 e. The number of pyridine rings is 1. The van der Waals surface area contributed by atoms with E-state index in [1.807, 2.05) is 60.6 Å². The minimum atomic E-state index is -0.409. The molecule has 0 saturated heterocycles. The quantitative estimate of drug-likeness (QED) is 0.709. The predicted octanol–water partition coefficient (Wildman–Crippen LogP) is 4.24. The van der Waals surface area contributed by atoms with Crippen molar-refractivity contribution in [2.45, 2.75) is 53.9 Å². The highest BCUT2D eigenvalue weighted by Gasteiger charge is 2.19. The standard InChI is InChI=1S/C10H12N2.2C2H6/c1-8-6-9(4-5-12-8)10(2,3)7-11;2*1-2/h4-6H,1-3H3;2*1-2H3. The lowest BCUT2D eigenvalue weighted by Crippen LogP contribution is -2.13. The summed E-state index contributed by atoms with van der Waals surface area (Å²) in [6.45, 7) is 13.7. The van der Waals surface area contributed by atoms with E-state index in [4.69, 9.17) is 5.26 Å². The van der Waals surface area contributed by atoms with Gasteiger partial charge in [-0.2, -0.15) is 5.26 Å². The molecule has 16 heavy (non-hydrogen) atoms. The molecule has 2 heteroatoms. The molecule has 1 heterocycles. The summed E-state index contributed by atoms with van der Waals surface area (Å²) in [5.41, 5.74) is 1.57. The second-order valence-electron chi connectivity index (χ2n) is 3.42. The summed E-state index contributed by atoms with van der Waals surface area (Å²) >= 11 is 0. The molecule has 0 amide bonds. The van der Waals surface area contributed by atoms with E-state index in [1.54, 1.807) is 6.20 Å². The minimum Gasteiger partial charge on any atom is -0.262 e. The highest BCUT2D eigenvalue weighted by Crippen LogP contribution is 2.21. The second kappa shape index (κ2) is 8.91. The van der Waals surface area contributed by atoms with Crippen molar-refractivity contribution in [2.75, 3.05) is 0 Å². The van der Waals surface area contributed by atoms with Crippen LogP contribution in [0.25, 0.3) is 0 Å². The molecule has 0 fully saturated rings. The number of hydrogen-bond donors (Lipinski definition) is 0. The van der Waals surface area contributed by atoms with Crippen LogP contribution in [0.2, 0.25) is 0 Å². The van der Waals surface area contributed by atoms with Gasteiger partial charge in [0.05, 0.1) is 11.5 Å². The molecule has 0 aliphatic rings. The second-order valence-corrected chi connectivity index (χ2v) is 3.42. The van der Waals surface area contributed by atoms with Gasteiger partial charge in [-0.1, -0.05) is 27.7 Å². The Morgan fingerprint density at radius 1 is 1.19 bits per heavy atom. The minimum absolute atomic E-state index is 0.409. The Balaban J connectivity index is 0. The van der Waals surface area contributed by atoms with Crippen LogP contribution in [0, 0.1) is 18.3 Å². The van der Waals surface area contributed by atoms with Gasteiger partial charge in [0.25, 0.3) is 0 Å². The fourth-order valence-electron chi connectivity index (χ4n) is 0.999. The topological polar surface area (TPSA) is 36.7 Å². The molecular formula is C14H24N2. The Morgan fingerprint density at radius 3 is 2.06 bits per heavy atom. The van der Waals surface area contributed by atoms with Gasteiger partial charge in [0.15, 0.2) is 0 Å². The monoisotopic (exact) mass is 220 g/mol. The van der Waals surface area contributed by atoms with Crippen molar-refractivity contribution >= 4 is 0 Å². The molecule has 0 spiro atoms. The van der Waals surface area contributed by atoms with Crippen LogP contribution in [-0.2, 0) is 5.41 Å². The van der Waals surface area contributed by atoms with Gasteiger partial charge in [0.1, 0.15) is 0 Å². The zero-order valence-corrected chi connectivity index (χ0v) is 11.6. The molecule has 0 bridgehead atoms. The highest BCUT2D eigenvalue weighted by atomic mass is 14.6. The van der Waals surface area contributed by atoms with Gasteiger partial charge in [-0.25, -0.2) is 0 Å². The fraction of sp³-hybridized carbons (Fsp3) is 0.571. The predicted molar refractivity (Wildman–Crippen MR) is 70.3 cm³/mol. The molecule has 0 unspecified atom stereocenters. The Morgan fingerprint density at radius 2 is 1.69 bits per heavy atom. The van der Waals surface area contributed by atoms with Crippen LogP contribution in [-0.4, -0.2) is 4.98 Å². The molecule has 1 rings (SSSR count). The average Bonchev–Trinajstić information content (AvgIpc) is 2.34. The van der Waals surface area contributed by atoms with E-state index in [1.165, 1.54) is 0 Å². The molecule has 0 atom stereocenters. The first kappa shape index (κ1) is 17.0. The van der Waals surface area contributed by atoms with Crippen molar-refractivity contribution in [3.63, 3.8) is 0 Å². The fourth-order valence-corrected chi connectivity index (χ4v) is 0.999. The molecule has 0 radical (unpaired) electrons. The van der Waals surface area contributed by atoms with Gasteiger partial charge in [0.2, 0.25) is 0 Å². The zero-order valence-electron chi connectivity index (χ0n) is 11.6. The van der Waals surface area contributed by atoms with Gasteiger partial charge in [-0.3, -0.25) is 4.98 Å².